The molecule has 1 amide bonds. The van der Waals surface area contributed by atoms with E-state index < -0.39 is 0 Å². The van der Waals surface area contributed by atoms with Gasteiger partial charge in [-0.05, 0) is 36.2 Å². The third kappa shape index (κ3) is 2.76. The number of carbonyl (C=O) groups is 1. The quantitative estimate of drug-likeness (QED) is 0.635. The fourth-order valence-corrected chi connectivity index (χ4v) is 2.48. The van der Waals surface area contributed by atoms with Crippen LogP contribution in [0.15, 0.2) is 42.5 Å². The molecule has 5 nitrogen and oxygen atoms in total. The first-order valence-electron chi connectivity index (χ1n) is 6.78. The Kier molecular flexibility index (Phi) is 3.39. The fraction of sp³-hybridized carbons (Fsp3) is 0.188. The first-order valence-corrected chi connectivity index (χ1v) is 6.78. The molecule has 4 N–H and O–H groups in total. The van der Waals surface area contributed by atoms with Gasteiger partial charge in [0.15, 0.2) is 11.5 Å². The van der Waals surface area contributed by atoms with Crippen molar-refractivity contribution in [3.8, 4) is 11.5 Å². The van der Waals surface area contributed by atoms with Gasteiger partial charge in [-0.1, -0.05) is 18.2 Å². The van der Waals surface area contributed by atoms with Crippen LogP contribution in [-0.4, -0.2) is 28.7 Å². The second-order valence-corrected chi connectivity index (χ2v) is 5.12. The average Bonchev–Trinajstić information content (AvgIpc) is 2.50. The number of fused-ring (bicyclic) bond motifs is 1. The Hall–Kier alpha value is -2.69. The second kappa shape index (κ2) is 5.36. The van der Waals surface area contributed by atoms with Crippen molar-refractivity contribution in [3.05, 3.63) is 53.6 Å². The predicted molar refractivity (Wildman–Crippen MR) is 79.7 cm³/mol. The number of amides is 1. The third-order valence-corrected chi connectivity index (χ3v) is 3.60. The van der Waals surface area contributed by atoms with Gasteiger partial charge in [-0.2, -0.15) is 0 Å². The number of hydrogen-bond acceptors (Lipinski definition) is 4. The van der Waals surface area contributed by atoms with E-state index >= 15 is 0 Å². The summed E-state index contributed by atoms with van der Waals surface area (Å²) in [4.78, 5) is 12.2. The lowest BCUT2D eigenvalue weighted by molar-refractivity contribution is 0.0938. The average molecular weight is 284 g/mol. The number of hydrogen-bond donors (Lipinski definition) is 4. The number of aromatic hydroxyl groups is 2. The van der Waals surface area contributed by atoms with E-state index in [1.165, 1.54) is 23.8 Å². The van der Waals surface area contributed by atoms with E-state index in [0.29, 0.717) is 12.1 Å². The number of benzene rings is 2. The molecule has 1 unspecified atom stereocenters. The number of rotatable bonds is 2. The summed E-state index contributed by atoms with van der Waals surface area (Å²) < 4.78 is 0. The molecule has 0 spiro atoms. The van der Waals surface area contributed by atoms with Crippen molar-refractivity contribution in [1.82, 2.24) is 5.32 Å². The summed E-state index contributed by atoms with van der Waals surface area (Å²) in [5.74, 6) is -0.800. The zero-order valence-electron chi connectivity index (χ0n) is 11.3. The van der Waals surface area contributed by atoms with Gasteiger partial charge in [-0.15, -0.1) is 0 Å². The first-order chi connectivity index (χ1) is 10.1. The van der Waals surface area contributed by atoms with Crippen molar-refractivity contribution in [2.24, 2.45) is 0 Å². The number of nitrogens with one attached hydrogen (secondary N) is 2. The number of carbonyl (C=O) groups excluding carboxylic acids is 1. The lowest BCUT2D eigenvalue weighted by atomic mass is 9.99. The van der Waals surface area contributed by atoms with Gasteiger partial charge in [-0.25, -0.2) is 0 Å². The third-order valence-electron chi connectivity index (χ3n) is 3.60. The summed E-state index contributed by atoms with van der Waals surface area (Å²) in [5.41, 5.74) is 2.59. The Bertz CT molecular complexity index is 685. The molecule has 0 bridgehead atoms. The monoisotopic (exact) mass is 284 g/mol. The molecule has 0 saturated carbocycles. The smallest absolute Gasteiger partial charge is 0.251 e. The molecular weight excluding hydrogens is 268 g/mol. The molecule has 1 heterocycles. The van der Waals surface area contributed by atoms with E-state index in [1.54, 1.807) is 0 Å². The summed E-state index contributed by atoms with van der Waals surface area (Å²) in [6.07, 6.45) is 0.763. The largest absolute Gasteiger partial charge is 0.504 e. The molecule has 0 aliphatic carbocycles. The molecule has 0 saturated heterocycles. The lowest BCUT2D eigenvalue weighted by Gasteiger charge is -2.27. The SMILES string of the molecule is O=C(NC1CNc2ccccc2C1)c1ccc(O)c(O)c1. The molecule has 2 aromatic carbocycles. The van der Waals surface area contributed by atoms with E-state index in [4.69, 9.17) is 0 Å². The topological polar surface area (TPSA) is 81.6 Å². The molecule has 108 valence electrons. The van der Waals surface area contributed by atoms with E-state index in [9.17, 15) is 15.0 Å². The molecule has 5 heteroatoms. The molecule has 0 fully saturated rings. The molecule has 1 atom stereocenters. The molecule has 21 heavy (non-hydrogen) atoms. The Morgan fingerprint density at radius 2 is 1.95 bits per heavy atom. The maximum atomic E-state index is 12.2. The molecule has 0 aromatic heterocycles. The molecule has 3 rings (SSSR count). The Balaban J connectivity index is 1.70. The zero-order chi connectivity index (χ0) is 14.8. The van der Waals surface area contributed by atoms with Gasteiger partial charge in [0.25, 0.3) is 5.91 Å². The van der Waals surface area contributed by atoms with Crippen LogP contribution in [-0.2, 0) is 6.42 Å². The van der Waals surface area contributed by atoms with Crippen LogP contribution in [0.5, 0.6) is 11.5 Å². The molecular formula is C16H16N2O3. The van der Waals surface area contributed by atoms with Crippen LogP contribution in [0.25, 0.3) is 0 Å². The molecule has 1 aliphatic rings. The van der Waals surface area contributed by atoms with Crippen molar-refractivity contribution in [2.75, 3.05) is 11.9 Å². The number of anilines is 1. The van der Waals surface area contributed by atoms with Gasteiger partial charge in [0, 0.05) is 17.8 Å². The van der Waals surface area contributed by atoms with Crippen molar-refractivity contribution in [3.63, 3.8) is 0 Å². The van der Waals surface area contributed by atoms with E-state index in [0.717, 1.165) is 12.1 Å². The summed E-state index contributed by atoms with van der Waals surface area (Å²) in [5, 5.41) is 24.9. The van der Waals surface area contributed by atoms with Gasteiger partial charge < -0.3 is 20.8 Å². The van der Waals surface area contributed by atoms with Gasteiger partial charge >= 0.3 is 0 Å². The number of phenolic OH excluding ortho intramolecular Hbond substituents is 2. The Labute approximate surface area is 122 Å². The highest BCUT2D eigenvalue weighted by atomic mass is 16.3. The minimum atomic E-state index is -0.297. The second-order valence-electron chi connectivity index (χ2n) is 5.12. The highest BCUT2D eigenvalue weighted by molar-refractivity contribution is 5.95. The Morgan fingerprint density at radius 1 is 1.14 bits per heavy atom. The van der Waals surface area contributed by atoms with E-state index in [-0.39, 0.29) is 23.4 Å². The predicted octanol–water partition coefficient (Wildman–Crippen LogP) is 1.86. The van der Waals surface area contributed by atoms with Crippen molar-refractivity contribution in [2.45, 2.75) is 12.5 Å². The van der Waals surface area contributed by atoms with Gasteiger partial charge in [0.2, 0.25) is 0 Å². The van der Waals surface area contributed by atoms with Crippen LogP contribution in [0.4, 0.5) is 5.69 Å². The standard InChI is InChI=1S/C16H16N2O3/c19-14-6-5-11(8-15(14)20)16(21)18-12-7-10-3-1-2-4-13(10)17-9-12/h1-6,8,12,17,19-20H,7,9H2,(H,18,21). The van der Waals surface area contributed by atoms with Crippen LogP contribution in [0.3, 0.4) is 0 Å². The van der Waals surface area contributed by atoms with Crippen molar-refractivity contribution in [1.29, 1.82) is 0 Å². The molecule has 0 radical (unpaired) electrons. The summed E-state index contributed by atoms with van der Waals surface area (Å²) in [6.45, 7) is 0.660. The van der Waals surface area contributed by atoms with Gasteiger partial charge in [0.05, 0.1) is 6.04 Å². The minimum absolute atomic E-state index is 0.0108. The zero-order valence-corrected chi connectivity index (χ0v) is 11.3. The van der Waals surface area contributed by atoms with E-state index in [2.05, 4.69) is 10.6 Å². The van der Waals surface area contributed by atoms with Crippen LogP contribution in [0.1, 0.15) is 15.9 Å². The maximum Gasteiger partial charge on any atom is 0.251 e. The molecule has 2 aromatic rings. The highest BCUT2D eigenvalue weighted by Crippen LogP contribution is 2.25. The van der Waals surface area contributed by atoms with Gasteiger partial charge in [0.1, 0.15) is 0 Å². The van der Waals surface area contributed by atoms with Crippen LogP contribution in [0, 0.1) is 0 Å². The normalized spacial score (nSPS) is 16.7. The van der Waals surface area contributed by atoms with Gasteiger partial charge in [-0.3, -0.25) is 4.79 Å². The van der Waals surface area contributed by atoms with Crippen LogP contribution < -0.4 is 10.6 Å². The summed E-state index contributed by atoms with van der Waals surface area (Å²) in [6, 6.07) is 12.0. The minimum Gasteiger partial charge on any atom is -0.504 e. The fourth-order valence-electron chi connectivity index (χ4n) is 2.48. The maximum absolute atomic E-state index is 12.2. The lowest BCUT2D eigenvalue weighted by Crippen LogP contribution is -2.43. The van der Waals surface area contributed by atoms with Crippen LogP contribution in [0.2, 0.25) is 0 Å². The van der Waals surface area contributed by atoms with Crippen LogP contribution >= 0.6 is 0 Å². The Morgan fingerprint density at radius 3 is 2.76 bits per heavy atom. The first kappa shape index (κ1) is 13.3. The van der Waals surface area contributed by atoms with Crippen molar-refractivity contribution >= 4 is 11.6 Å². The molecule has 1 aliphatic heterocycles. The summed E-state index contributed by atoms with van der Waals surface area (Å²) in [7, 11) is 0. The van der Waals surface area contributed by atoms with E-state index in [1.807, 2.05) is 24.3 Å². The highest BCUT2D eigenvalue weighted by Gasteiger charge is 2.20. The number of para-hydroxylation sites is 1. The number of phenols is 2. The van der Waals surface area contributed by atoms with Crippen molar-refractivity contribution < 1.29 is 15.0 Å². The summed E-state index contributed by atoms with van der Waals surface area (Å²) >= 11 is 0.